The first-order valence-corrected chi connectivity index (χ1v) is 12.6. The summed E-state index contributed by atoms with van der Waals surface area (Å²) in [6.07, 6.45) is 3.43. The van der Waals surface area contributed by atoms with Gasteiger partial charge in [-0.05, 0) is 49.1 Å². The van der Waals surface area contributed by atoms with Crippen LogP contribution in [-0.2, 0) is 16.8 Å². The molecule has 2 aliphatic rings. The Hall–Kier alpha value is -2.80. The molecule has 1 unspecified atom stereocenters. The highest BCUT2D eigenvalue weighted by Gasteiger charge is 2.60. The number of halogens is 1. The lowest BCUT2D eigenvalue weighted by Gasteiger charge is -2.43. The van der Waals surface area contributed by atoms with Crippen molar-refractivity contribution in [3.8, 4) is 0 Å². The van der Waals surface area contributed by atoms with E-state index < -0.39 is 5.54 Å². The van der Waals surface area contributed by atoms with Crippen molar-refractivity contribution < 1.29 is 9.59 Å². The molecule has 1 aromatic heterocycles. The van der Waals surface area contributed by atoms with Crippen LogP contribution < -0.4 is 10.2 Å². The van der Waals surface area contributed by atoms with Crippen molar-refractivity contribution >= 4 is 44.5 Å². The first-order chi connectivity index (χ1) is 16.0. The molecule has 5 rings (SSSR count). The molecule has 6 nitrogen and oxygen atoms in total. The zero-order valence-corrected chi connectivity index (χ0v) is 20.7. The number of carbonyl (C=O) groups excluding carboxylic acids is 2. The topological polar surface area (TPSA) is 68.4 Å². The normalized spacial score (nSPS) is 19.3. The van der Waals surface area contributed by atoms with E-state index in [9.17, 15) is 9.59 Å². The third-order valence-corrected chi connectivity index (χ3v) is 7.36. The zero-order valence-electron chi connectivity index (χ0n) is 19.1. The number of nitrogens with zero attached hydrogens (tertiary/aromatic N) is 2. The van der Waals surface area contributed by atoms with E-state index in [4.69, 9.17) is 0 Å². The summed E-state index contributed by atoms with van der Waals surface area (Å²) in [5, 5.41) is 4.15. The number of nitrogens with one attached hydrogen (secondary N) is 2. The number of urea groups is 1. The fourth-order valence-electron chi connectivity index (χ4n) is 5.37. The van der Waals surface area contributed by atoms with Crippen LogP contribution in [0.4, 0.5) is 10.5 Å². The standard InChI is InChI=1S/C26H29BrN4O2/c1-3-5-14-30-22-11-10-17(27)16-20(22)26(24(30)32)23-19(18-8-6-7-9-21(18)29-23)12-15-31(26)25(33)28-13-4-2/h6-11,16,29H,3-5,12-15H2,1-2H3,(H,28,33). The summed E-state index contributed by atoms with van der Waals surface area (Å²) >= 11 is 3.62. The fraction of sp³-hybridized carbons (Fsp3) is 0.385. The fourth-order valence-corrected chi connectivity index (χ4v) is 5.73. The molecule has 2 aliphatic heterocycles. The minimum atomic E-state index is -1.21. The number of H-pyrrole nitrogens is 1. The Balaban J connectivity index is 1.79. The van der Waals surface area contributed by atoms with Crippen molar-refractivity contribution in [2.45, 2.75) is 45.1 Å². The number of rotatable bonds is 5. The third kappa shape index (κ3) is 3.20. The summed E-state index contributed by atoms with van der Waals surface area (Å²) in [5.74, 6) is -0.0526. The number of hydrogen-bond donors (Lipinski definition) is 2. The van der Waals surface area contributed by atoms with Crippen molar-refractivity contribution in [3.63, 3.8) is 0 Å². The van der Waals surface area contributed by atoms with Crippen molar-refractivity contribution in [1.82, 2.24) is 15.2 Å². The molecule has 0 saturated carbocycles. The molecule has 33 heavy (non-hydrogen) atoms. The van der Waals surface area contributed by atoms with Gasteiger partial charge < -0.3 is 20.1 Å². The van der Waals surface area contributed by atoms with Crippen LogP contribution in [0.1, 0.15) is 49.9 Å². The van der Waals surface area contributed by atoms with E-state index in [1.54, 1.807) is 4.90 Å². The Morgan fingerprint density at radius 3 is 2.79 bits per heavy atom. The van der Waals surface area contributed by atoms with Crippen LogP contribution in [0.5, 0.6) is 0 Å². The summed E-state index contributed by atoms with van der Waals surface area (Å²) < 4.78 is 0.892. The van der Waals surface area contributed by atoms with Gasteiger partial charge in [-0.1, -0.05) is 54.4 Å². The number of para-hydroxylation sites is 1. The molecule has 3 heterocycles. The number of benzene rings is 2. The predicted molar refractivity (Wildman–Crippen MR) is 135 cm³/mol. The largest absolute Gasteiger partial charge is 0.355 e. The second-order valence-corrected chi connectivity index (χ2v) is 9.76. The zero-order chi connectivity index (χ0) is 23.2. The SMILES string of the molecule is CCCCN1C(=O)C2(c3cc(Br)ccc31)c1[nH]c3ccccc3c1CCN2C(=O)NCCC. The predicted octanol–water partition coefficient (Wildman–Crippen LogP) is 5.30. The number of anilines is 1. The van der Waals surface area contributed by atoms with Crippen LogP contribution in [0.2, 0.25) is 0 Å². The van der Waals surface area contributed by atoms with Gasteiger partial charge in [0.2, 0.25) is 0 Å². The van der Waals surface area contributed by atoms with E-state index in [1.807, 2.05) is 48.2 Å². The van der Waals surface area contributed by atoms with Crippen LogP contribution in [-0.4, -0.2) is 41.5 Å². The van der Waals surface area contributed by atoms with Gasteiger partial charge in [-0.15, -0.1) is 0 Å². The first kappa shape index (κ1) is 22.0. The Morgan fingerprint density at radius 1 is 1.18 bits per heavy atom. The molecule has 2 N–H and O–H groups in total. The average Bonchev–Trinajstić information content (AvgIpc) is 3.31. The van der Waals surface area contributed by atoms with E-state index >= 15 is 0 Å². The molecule has 3 amide bonds. The molecule has 0 radical (unpaired) electrons. The molecular weight excluding hydrogens is 480 g/mol. The average molecular weight is 509 g/mol. The lowest BCUT2D eigenvalue weighted by molar-refractivity contribution is -0.126. The number of amides is 3. The monoisotopic (exact) mass is 508 g/mol. The van der Waals surface area contributed by atoms with E-state index in [0.29, 0.717) is 26.1 Å². The van der Waals surface area contributed by atoms with E-state index in [-0.39, 0.29) is 11.9 Å². The third-order valence-electron chi connectivity index (χ3n) is 6.87. The minimum Gasteiger partial charge on any atom is -0.355 e. The maximum absolute atomic E-state index is 14.5. The van der Waals surface area contributed by atoms with Gasteiger partial charge in [0.1, 0.15) is 0 Å². The Morgan fingerprint density at radius 2 is 2.00 bits per heavy atom. The minimum absolute atomic E-state index is 0.0526. The van der Waals surface area contributed by atoms with E-state index in [0.717, 1.165) is 57.1 Å². The van der Waals surface area contributed by atoms with Gasteiger partial charge in [0.25, 0.3) is 5.91 Å². The van der Waals surface area contributed by atoms with Gasteiger partial charge in [-0.3, -0.25) is 4.79 Å². The number of aromatic nitrogens is 1. The molecule has 0 fully saturated rings. The summed E-state index contributed by atoms with van der Waals surface area (Å²) in [4.78, 5) is 35.2. The number of carbonyl (C=O) groups is 2. The second-order valence-electron chi connectivity index (χ2n) is 8.84. The first-order valence-electron chi connectivity index (χ1n) is 11.8. The van der Waals surface area contributed by atoms with Crippen LogP contribution in [0.15, 0.2) is 46.9 Å². The van der Waals surface area contributed by atoms with Crippen molar-refractivity contribution in [2.75, 3.05) is 24.5 Å². The summed E-state index contributed by atoms with van der Waals surface area (Å²) in [6, 6.07) is 14.0. The summed E-state index contributed by atoms with van der Waals surface area (Å²) in [5.41, 5.74) is 3.48. The number of aromatic amines is 1. The van der Waals surface area contributed by atoms with E-state index in [2.05, 4.69) is 39.2 Å². The van der Waals surface area contributed by atoms with Crippen LogP contribution in [0.25, 0.3) is 10.9 Å². The molecule has 2 aromatic carbocycles. The molecule has 3 aromatic rings. The molecule has 0 bridgehead atoms. The number of unbranched alkanes of at least 4 members (excludes halogenated alkanes) is 1. The molecule has 172 valence electrons. The van der Waals surface area contributed by atoms with Gasteiger partial charge in [0, 0.05) is 40.6 Å². The lowest BCUT2D eigenvalue weighted by atomic mass is 9.80. The molecular formula is C26H29BrN4O2. The highest BCUT2D eigenvalue weighted by molar-refractivity contribution is 9.10. The summed E-state index contributed by atoms with van der Waals surface area (Å²) in [7, 11) is 0. The Bertz CT molecular complexity index is 1240. The molecule has 1 atom stereocenters. The van der Waals surface area contributed by atoms with Crippen LogP contribution >= 0.6 is 15.9 Å². The van der Waals surface area contributed by atoms with Gasteiger partial charge in [-0.25, -0.2) is 4.79 Å². The smallest absolute Gasteiger partial charge is 0.318 e. The molecule has 0 saturated heterocycles. The highest BCUT2D eigenvalue weighted by Crippen LogP contribution is 2.52. The summed E-state index contributed by atoms with van der Waals surface area (Å²) in [6.45, 7) is 5.83. The van der Waals surface area contributed by atoms with Crippen molar-refractivity contribution in [2.24, 2.45) is 0 Å². The van der Waals surface area contributed by atoms with Gasteiger partial charge in [0.15, 0.2) is 5.54 Å². The molecule has 7 heteroatoms. The Labute approximate surface area is 202 Å². The van der Waals surface area contributed by atoms with Crippen LogP contribution in [0, 0.1) is 0 Å². The van der Waals surface area contributed by atoms with Gasteiger partial charge in [-0.2, -0.15) is 0 Å². The van der Waals surface area contributed by atoms with E-state index in [1.165, 1.54) is 0 Å². The highest BCUT2D eigenvalue weighted by atomic mass is 79.9. The van der Waals surface area contributed by atoms with Gasteiger partial charge >= 0.3 is 6.03 Å². The van der Waals surface area contributed by atoms with Crippen molar-refractivity contribution in [3.05, 3.63) is 63.8 Å². The Kier molecular flexibility index (Phi) is 5.69. The quantitative estimate of drug-likeness (QED) is 0.490. The maximum atomic E-state index is 14.5. The second kappa shape index (κ2) is 8.52. The van der Waals surface area contributed by atoms with Crippen molar-refractivity contribution in [1.29, 1.82) is 0 Å². The lowest BCUT2D eigenvalue weighted by Crippen LogP contribution is -2.61. The molecule has 1 spiro atoms. The molecule has 0 aliphatic carbocycles. The number of hydrogen-bond acceptors (Lipinski definition) is 2. The number of fused-ring (bicyclic) bond motifs is 6. The van der Waals surface area contributed by atoms with Gasteiger partial charge in [0.05, 0.1) is 11.4 Å². The maximum Gasteiger partial charge on any atom is 0.318 e. The van der Waals surface area contributed by atoms with Crippen LogP contribution in [0.3, 0.4) is 0 Å².